The molecule has 2 aliphatic rings. The first kappa shape index (κ1) is 13.7. The monoisotopic (exact) mass is 291 g/mol. The number of benzene rings is 1. The summed E-state index contributed by atoms with van der Waals surface area (Å²) in [7, 11) is 0. The number of carboxylic acid groups (broad SMARTS) is 1. The van der Waals surface area contributed by atoms with Crippen molar-refractivity contribution < 1.29 is 24.2 Å². The number of hydrogen-bond acceptors (Lipinski definition) is 4. The van der Waals surface area contributed by atoms with Crippen LogP contribution in [0.1, 0.15) is 32.1 Å². The normalized spacial score (nSPS) is 18.5. The first-order valence-corrected chi connectivity index (χ1v) is 7.02. The summed E-state index contributed by atoms with van der Waals surface area (Å²) in [5.41, 5.74) is -0.316. The lowest BCUT2D eigenvalue weighted by molar-refractivity contribution is -0.150. The van der Waals surface area contributed by atoms with Gasteiger partial charge in [0, 0.05) is 18.2 Å². The number of anilines is 1. The van der Waals surface area contributed by atoms with Crippen LogP contribution in [0.15, 0.2) is 18.2 Å². The van der Waals surface area contributed by atoms with Gasteiger partial charge in [0.15, 0.2) is 11.5 Å². The third kappa shape index (κ3) is 2.66. The molecule has 112 valence electrons. The van der Waals surface area contributed by atoms with Crippen molar-refractivity contribution in [3.05, 3.63) is 18.2 Å². The summed E-state index contributed by atoms with van der Waals surface area (Å²) >= 11 is 0. The Bertz CT molecular complexity index is 577. The Kier molecular flexibility index (Phi) is 3.45. The maximum Gasteiger partial charge on any atom is 0.310 e. The van der Waals surface area contributed by atoms with E-state index in [1.165, 1.54) is 0 Å². The highest BCUT2D eigenvalue weighted by Crippen LogP contribution is 2.41. The molecule has 1 aromatic rings. The van der Waals surface area contributed by atoms with E-state index in [4.69, 9.17) is 9.47 Å². The number of nitrogens with one attached hydrogen (secondary N) is 1. The molecule has 0 spiro atoms. The standard InChI is InChI=1S/C15H17NO5/c17-13(8-15(14(18)19)5-1-2-6-15)16-10-3-4-11-12(7-10)21-9-20-11/h3-4,7H,1-2,5-6,8-9H2,(H,16,17)(H,18,19). The Balaban J connectivity index is 1.67. The number of carbonyl (C=O) groups is 2. The quantitative estimate of drug-likeness (QED) is 0.889. The average Bonchev–Trinajstić information content (AvgIpc) is 3.07. The van der Waals surface area contributed by atoms with E-state index in [0.29, 0.717) is 30.0 Å². The molecule has 2 N–H and O–H groups in total. The molecule has 0 saturated heterocycles. The fraction of sp³-hybridized carbons (Fsp3) is 0.467. The van der Waals surface area contributed by atoms with Crippen LogP contribution in [0.3, 0.4) is 0 Å². The molecular formula is C15H17NO5. The Morgan fingerprint density at radius 1 is 1.19 bits per heavy atom. The van der Waals surface area contributed by atoms with Gasteiger partial charge in [-0.15, -0.1) is 0 Å². The minimum atomic E-state index is -0.902. The minimum absolute atomic E-state index is 0.0107. The summed E-state index contributed by atoms with van der Waals surface area (Å²) in [5, 5.41) is 12.1. The second kappa shape index (κ2) is 5.27. The van der Waals surface area contributed by atoms with E-state index >= 15 is 0 Å². The summed E-state index contributed by atoms with van der Waals surface area (Å²) < 4.78 is 10.4. The predicted molar refractivity (Wildman–Crippen MR) is 74.3 cm³/mol. The lowest BCUT2D eigenvalue weighted by atomic mass is 9.82. The molecule has 0 atom stereocenters. The van der Waals surface area contributed by atoms with Gasteiger partial charge < -0.3 is 19.9 Å². The van der Waals surface area contributed by atoms with Crippen LogP contribution >= 0.6 is 0 Å². The van der Waals surface area contributed by atoms with Crippen LogP contribution in [-0.2, 0) is 9.59 Å². The molecule has 1 aliphatic heterocycles. The molecule has 1 fully saturated rings. The van der Waals surface area contributed by atoms with Crippen LogP contribution in [0.2, 0.25) is 0 Å². The van der Waals surface area contributed by atoms with Crippen molar-refractivity contribution in [3.63, 3.8) is 0 Å². The number of rotatable bonds is 4. The first-order valence-electron chi connectivity index (χ1n) is 7.02. The van der Waals surface area contributed by atoms with Gasteiger partial charge in [0.2, 0.25) is 12.7 Å². The first-order chi connectivity index (χ1) is 10.1. The Hall–Kier alpha value is -2.24. The van der Waals surface area contributed by atoms with Crippen molar-refractivity contribution in [2.75, 3.05) is 12.1 Å². The molecule has 6 heteroatoms. The molecule has 0 bridgehead atoms. The molecule has 1 amide bonds. The third-order valence-corrected chi connectivity index (χ3v) is 4.17. The van der Waals surface area contributed by atoms with E-state index in [9.17, 15) is 14.7 Å². The Morgan fingerprint density at radius 3 is 2.62 bits per heavy atom. The molecule has 6 nitrogen and oxygen atoms in total. The second-order valence-electron chi connectivity index (χ2n) is 5.59. The third-order valence-electron chi connectivity index (χ3n) is 4.17. The molecule has 0 radical (unpaired) electrons. The minimum Gasteiger partial charge on any atom is -0.481 e. The molecule has 1 saturated carbocycles. The van der Waals surface area contributed by atoms with Crippen LogP contribution in [0.5, 0.6) is 11.5 Å². The Labute approximate surface area is 122 Å². The number of ether oxygens (including phenoxy) is 2. The van der Waals surface area contributed by atoms with Gasteiger partial charge in [-0.3, -0.25) is 9.59 Å². The van der Waals surface area contributed by atoms with Crippen LogP contribution in [0.4, 0.5) is 5.69 Å². The zero-order chi connectivity index (χ0) is 14.9. The summed E-state index contributed by atoms with van der Waals surface area (Å²) in [6, 6.07) is 5.12. The van der Waals surface area contributed by atoms with Gasteiger partial charge in [0.25, 0.3) is 0 Å². The fourth-order valence-electron chi connectivity index (χ4n) is 3.00. The molecular weight excluding hydrogens is 274 g/mol. The highest BCUT2D eigenvalue weighted by Gasteiger charge is 2.42. The van der Waals surface area contributed by atoms with Crippen LogP contribution in [-0.4, -0.2) is 23.8 Å². The van der Waals surface area contributed by atoms with E-state index in [2.05, 4.69) is 5.32 Å². The molecule has 1 aliphatic carbocycles. The van der Waals surface area contributed by atoms with Crippen molar-refractivity contribution in [3.8, 4) is 11.5 Å². The summed E-state index contributed by atoms with van der Waals surface area (Å²) in [4.78, 5) is 23.6. The molecule has 1 heterocycles. The largest absolute Gasteiger partial charge is 0.481 e. The van der Waals surface area contributed by atoms with Gasteiger partial charge in [-0.25, -0.2) is 0 Å². The van der Waals surface area contributed by atoms with Crippen LogP contribution < -0.4 is 14.8 Å². The van der Waals surface area contributed by atoms with Gasteiger partial charge in [0.05, 0.1) is 5.41 Å². The maximum atomic E-state index is 12.1. The van der Waals surface area contributed by atoms with Crippen molar-refractivity contribution in [2.24, 2.45) is 5.41 Å². The number of aliphatic carboxylic acids is 1. The smallest absolute Gasteiger partial charge is 0.310 e. The van der Waals surface area contributed by atoms with Gasteiger partial charge in [-0.05, 0) is 25.0 Å². The zero-order valence-corrected chi connectivity index (χ0v) is 11.6. The van der Waals surface area contributed by atoms with E-state index in [-0.39, 0.29) is 19.1 Å². The Morgan fingerprint density at radius 2 is 1.90 bits per heavy atom. The van der Waals surface area contributed by atoms with Crippen LogP contribution in [0, 0.1) is 5.41 Å². The summed E-state index contributed by atoms with van der Waals surface area (Å²) in [6.45, 7) is 0.175. The number of hydrogen-bond donors (Lipinski definition) is 2. The molecule has 0 unspecified atom stereocenters. The lowest BCUT2D eigenvalue weighted by Crippen LogP contribution is -2.32. The zero-order valence-electron chi connectivity index (χ0n) is 11.6. The molecule has 21 heavy (non-hydrogen) atoms. The molecule has 0 aromatic heterocycles. The van der Waals surface area contributed by atoms with Crippen molar-refractivity contribution in [1.29, 1.82) is 0 Å². The summed E-state index contributed by atoms with van der Waals surface area (Å²) in [5.74, 6) is 0.0754. The van der Waals surface area contributed by atoms with E-state index in [0.717, 1.165) is 12.8 Å². The molecule has 3 rings (SSSR count). The highest BCUT2D eigenvalue weighted by atomic mass is 16.7. The number of carboxylic acids is 1. The summed E-state index contributed by atoms with van der Waals surface area (Å²) in [6.07, 6.45) is 2.87. The molecule has 1 aromatic carbocycles. The highest BCUT2D eigenvalue weighted by molar-refractivity contribution is 5.94. The number of fused-ring (bicyclic) bond motifs is 1. The van der Waals surface area contributed by atoms with Crippen molar-refractivity contribution in [1.82, 2.24) is 0 Å². The predicted octanol–water partition coefficient (Wildman–Crippen LogP) is 2.39. The average molecular weight is 291 g/mol. The van der Waals surface area contributed by atoms with Gasteiger partial charge in [-0.1, -0.05) is 12.8 Å². The second-order valence-corrected chi connectivity index (χ2v) is 5.59. The number of carbonyl (C=O) groups excluding carboxylic acids is 1. The maximum absolute atomic E-state index is 12.1. The van der Waals surface area contributed by atoms with Gasteiger partial charge in [0.1, 0.15) is 0 Å². The van der Waals surface area contributed by atoms with Crippen LogP contribution in [0.25, 0.3) is 0 Å². The van der Waals surface area contributed by atoms with Gasteiger partial charge >= 0.3 is 5.97 Å². The SMILES string of the molecule is O=C(CC1(C(=O)O)CCCC1)Nc1ccc2c(c1)OCO2. The lowest BCUT2D eigenvalue weighted by Gasteiger charge is -2.22. The van der Waals surface area contributed by atoms with Crippen molar-refractivity contribution >= 4 is 17.6 Å². The van der Waals surface area contributed by atoms with E-state index in [1.807, 2.05) is 0 Å². The van der Waals surface area contributed by atoms with E-state index < -0.39 is 11.4 Å². The fourth-order valence-corrected chi connectivity index (χ4v) is 3.00. The van der Waals surface area contributed by atoms with Crippen molar-refractivity contribution in [2.45, 2.75) is 32.1 Å². The van der Waals surface area contributed by atoms with Gasteiger partial charge in [-0.2, -0.15) is 0 Å². The van der Waals surface area contributed by atoms with E-state index in [1.54, 1.807) is 18.2 Å². The topological polar surface area (TPSA) is 84.9 Å². The number of amides is 1.